The lowest BCUT2D eigenvalue weighted by Gasteiger charge is -2.29. The average Bonchev–Trinajstić information content (AvgIpc) is 3.25. The second-order valence-electron chi connectivity index (χ2n) is 7.75. The Morgan fingerprint density at radius 3 is 2.51 bits per heavy atom. The van der Waals surface area contributed by atoms with Crippen LogP contribution >= 0.6 is 11.3 Å². The van der Waals surface area contributed by atoms with Crippen molar-refractivity contribution >= 4 is 38.4 Å². The molecule has 2 heterocycles. The number of nitrogens with zero attached hydrogens (tertiary/aromatic N) is 4. The third-order valence-electron chi connectivity index (χ3n) is 5.23. The van der Waals surface area contributed by atoms with E-state index in [1.165, 1.54) is 18.3 Å². The van der Waals surface area contributed by atoms with E-state index in [1.54, 1.807) is 29.2 Å². The van der Waals surface area contributed by atoms with Gasteiger partial charge in [0.15, 0.2) is 11.5 Å². The van der Waals surface area contributed by atoms with Crippen molar-refractivity contribution in [2.75, 3.05) is 31.2 Å². The number of alkyl halides is 3. The number of hydrogen-bond acceptors (Lipinski definition) is 8. The molecule has 0 saturated carbocycles. The van der Waals surface area contributed by atoms with Crippen LogP contribution in [-0.2, 0) is 11.0 Å². The molecule has 12 heteroatoms. The highest BCUT2D eigenvalue weighted by molar-refractivity contribution is 7.22. The highest BCUT2D eigenvalue weighted by Gasteiger charge is 2.36. The maximum Gasteiger partial charge on any atom is 0.420 e. The summed E-state index contributed by atoms with van der Waals surface area (Å²) in [6.07, 6.45) is -2.16. The van der Waals surface area contributed by atoms with E-state index in [9.17, 15) is 28.0 Å². The van der Waals surface area contributed by atoms with Crippen LogP contribution in [0.2, 0.25) is 0 Å². The first-order valence-electron chi connectivity index (χ1n) is 10.6. The van der Waals surface area contributed by atoms with E-state index < -0.39 is 29.2 Å². The van der Waals surface area contributed by atoms with Crippen molar-refractivity contribution in [3.05, 3.63) is 65.9 Å². The zero-order chi connectivity index (χ0) is 25.2. The molecule has 0 atom stereocenters. The van der Waals surface area contributed by atoms with Crippen LogP contribution < -0.4 is 9.90 Å². The van der Waals surface area contributed by atoms with E-state index in [1.807, 2.05) is 0 Å². The molecular formula is C23H21F3N4O4S. The number of rotatable bonds is 6. The molecule has 8 nitrogen and oxygen atoms in total. The monoisotopic (exact) mass is 506 g/mol. The van der Waals surface area contributed by atoms with Gasteiger partial charge in [0.25, 0.3) is 5.91 Å². The zero-order valence-electron chi connectivity index (χ0n) is 18.5. The summed E-state index contributed by atoms with van der Waals surface area (Å²) in [6, 6.07) is 9.94. The lowest BCUT2D eigenvalue weighted by atomic mass is 10.1. The number of piperazine rings is 1. The smallest absolute Gasteiger partial charge is 0.374 e. The van der Waals surface area contributed by atoms with E-state index in [2.05, 4.69) is 4.98 Å². The van der Waals surface area contributed by atoms with Gasteiger partial charge in [-0.05, 0) is 30.3 Å². The first-order chi connectivity index (χ1) is 16.6. The standard InChI is InChI=1S/C23H21F3N4O4S/c1-15(31)30(22-27-18-4-2-3-5-21(18)35-22)34-20-7-6-16(14-17(20)23(24,25)26)19(32)8-9-28-10-12-29(33)13-11-28/h2-9,14,33H,10-13H2,1H3. The number of amides is 1. The van der Waals surface area contributed by atoms with Gasteiger partial charge in [0.2, 0.25) is 5.13 Å². The Morgan fingerprint density at radius 1 is 1.14 bits per heavy atom. The molecule has 0 spiro atoms. The topological polar surface area (TPSA) is 86.2 Å². The molecule has 0 radical (unpaired) electrons. The second-order valence-corrected chi connectivity index (χ2v) is 8.76. The van der Waals surface area contributed by atoms with Crippen LogP contribution in [0.1, 0.15) is 22.8 Å². The van der Waals surface area contributed by atoms with Gasteiger partial charge < -0.3 is 14.9 Å². The van der Waals surface area contributed by atoms with Crippen LogP contribution in [0.15, 0.2) is 54.7 Å². The Bertz CT molecular complexity index is 1240. The molecule has 4 rings (SSSR count). The molecule has 1 saturated heterocycles. The number of fused-ring (bicyclic) bond motifs is 1. The van der Waals surface area contributed by atoms with Gasteiger partial charge in [-0.3, -0.25) is 9.59 Å². The molecule has 2 aromatic carbocycles. The highest BCUT2D eigenvalue weighted by atomic mass is 32.1. The Hall–Kier alpha value is -3.48. The van der Waals surface area contributed by atoms with Crippen LogP contribution in [0.25, 0.3) is 10.2 Å². The highest BCUT2D eigenvalue weighted by Crippen LogP contribution is 2.38. The van der Waals surface area contributed by atoms with Gasteiger partial charge >= 0.3 is 6.18 Å². The number of hydroxylamine groups is 3. The minimum Gasteiger partial charge on any atom is -0.374 e. The van der Waals surface area contributed by atoms with E-state index in [0.717, 1.165) is 34.1 Å². The fourth-order valence-electron chi connectivity index (χ4n) is 3.40. The number of anilines is 1. The molecule has 1 aromatic heterocycles. The van der Waals surface area contributed by atoms with Crippen molar-refractivity contribution in [1.29, 1.82) is 0 Å². The summed E-state index contributed by atoms with van der Waals surface area (Å²) < 4.78 is 42.3. The Kier molecular flexibility index (Phi) is 7.05. The Labute approximate surface area is 202 Å². The van der Waals surface area contributed by atoms with E-state index in [0.29, 0.717) is 42.8 Å². The predicted octanol–water partition coefficient (Wildman–Crippen LogP) is 4.37. The van der Waals surface area contributed by atoms with E-state index in [-0.39, 0.29) is 10.7 Å². The summed E-state index contributed by atoms with van der Waals surface area (Å²) in [5.74, 6) is -1.92. The summed E-state index contributed by atoms with van der Waals surface area (Å²) in [7, 11) is 0. The summed E-state index contributed by atoms with van der Waals surface area (Å²) >= 11 is 1.10. The van der Waals surface area contributed by atoms with Crippen molar-refractivity contribution in [2.45, 2.75) is 13.1 Å². The van der Waals surface area contributed by atoms with Crippen LogP contribution in [0.4, 0.5) is 18.3 Å². The molecule has 1 amide bonds. The lowest BCUT2D eigenvalue weighted by molar-refractivity contribution is -0.139. The minimum absolute atomic E-state index is 0.0814. The molecule has 1 N–H and O–H groups in total. The van der Waals surface area contributed by atoms with Crippen LogP contribution in [0, 0.1) is 0 Å². The number of thiazole rings is 1. The molecule has 1 aliphatic heterocycles. The van der Waals surface area contributed by atoms with Gasteiger partial charge in [-0.15, -0.1) is 5.06 Å². The molecule has 1 fully saturated rings. The fraction of sp³-hybridized carbons (Fsp3) is 0.261. The number of benzene rings is 2. The average molecular weight is 507 g/mol. The number of allylic oxidation sites excluding steroid dienone is 1. The van der Waals surface area contributed by atoms with Crippen molar-refractivity contribution in [2.24, 2.45) is 0 Å². The first-order valence-corrected chi connectivity index (χ1v) is 11.4. The van der Waals surface area contributed by atoms with Gasteiger partial charge in [-0.1, -0.05) is 23.5 Å². The third-order valence-corrected chi connectivity index (χ3v) is 6.23. The summed E-state index contributed by atoms with van der Waals surface area (Å²) in [5, 5.41) is 11.3. The molecular weight excluding hydrogens is 485 g/mol. The molecule has 184 valence electrons. The largest absolute Gasteiger partial charge is 0.420 e. The SMILES string of the molecule is CC(=O)N(Oc1ccc(C(=O)C=CN2CCN(O)CC2)cc1C(F)(F)F)c1nc2ccccc2s1. The van der Waals surface area contributed by atoms with Crippen molar-refractivity contribution in [1.82, 2.24) is 14.9 Å². The number of carbonyl (C=O) groups is 2. The van der Waals surface area contributed by atoms with Gasteiger partial charge in [-0.25, -0.2) is 4.98 Å². The van der Waals surface area contributed by atoms with Crippen LogP contribution in [0.3, 0.4) is 0 Å². The molecule has 3 aromatic rings. The maximum absolute atomic E-state index is 13.9. The number of halogens is 3. The molecule has 1 aliphatic rings. The van der Waals surface area contributed by atoms with Gasteiger partial charge in [-0.2, -0.15) is 18.2 Å². The first kappa shape index (κ1) is 24.6. The normalized spacial score (nSPS) is 15.1. The van der Waals surface area contributed by atoms with E-state index >= 15 is 0 Å². The molecule has 0 bridgehead atoms. The second kappa shape index (κ2) is 10.0. The molecule has 0 aliphatic carbocycles. The van der Waals surface area contributed by atoms with Gasteiger partial charge in [0.1, 0.15) is 5.56 Å². The number of aromatic nitrogens is 1. The Morgan fingerprint density at radius 2 is 1.86 bits per heavy atom. The minimum atomic E-state index is -4.84. The number of hydrogen-bond donors (Lipinski definition) is 1. The van der Waals surface area contributed by atoms with Crippen molar-refractivity contribution < 1.29 is 32.8 Å². The van der Waals surface area contributed by atoms with Gasteiger partial charge in [0, 0.05) is 50.9 Å². The quantitative estimate of drug-likeness (QED) is 0.302. The maximum atomic E-state index is 13.9. The zero-order valence-corrected chi connectivity index (χ0v) is 19.3. The number of carbonyl (C=O) groups excluding carboxylic acids is 2. The third kappa shape index (κ3) is 5.78. The van der Waals surface area contributed by atoms with Crippen LogP contribution in [-0.4, -0.2) is 58.0 Å². The van der Waals surface area contributed by atoms with Crippen molar-refractivity contribution in [3.8, 4) is 5.75 Å². The summed E-state index contributed by atoms with van der Waals surface area (Å²) in [6.45, 7) is 2.90. The van der Waals surface area contributed by atoms with Gasteiger partial charge in [0.05, 0.1) is 10.2 Å². The predicted molar refractivity (Wildman–Crippen MR) is 123 cm³/mol. The molecule has 35 heavy (non-hydrogen) atoms. The van der Waals surface area contributed by atoms with E-state index in [4.69, 9.17) is 4.84 Å². The number of ketones is 1. The van der Waals surface area contributed by atoms with Crippen LogP contribution in [0.5, 0.6) is 5.75 Å². The molecule has 0 unspecified atom stereocenters. The van der Waals surface area contributed by atoms with Crippen molar-refractivity contribution in [3.63, 3.8) is 0 Å². The summed E-state index contributed by atoms with van der Waals surface area (Å²) in [5.41, 5.74) is -0.805. The summed E-state index contributed by atoms with van der Waals surface area (Å²) in [4.78, 5) is 36.2. The number of para-hydroxylation sites is 1. The lowest BCUT2D eigenvalue weighted by Crippen LogP contribution is -2.42. The fourth-order valence-corrected chi connectivity index (χ4v) is 4.35. The Balaban J connectivity index is 1.59.